The number of hydrogen-bond acceptors (Lipinski definition) is 5. The third kappa shape index (κ3) is 3.07. The van der Waals surface area contributed by atoms with E-state index in [1.54, 1.807) is 34.0 Å². The van der Waals surface area contributed by atoms with E-state index in [9.17, 15) is 0 Å². The molecule has 0 spiro atoms. The molecule has 3 nitrogen and oxygen atoms in total. The lowest BCUT2D eigenvalue weighted by Gasteiger charge is -2.27. The fourth-order valence-corrected chi connectivity index (χ4v) is 5.72. The summed E-state index contributed by atoms with van der Waals surface area (Å²) in [5.74, 6) is 0. The van der Waals surface area contributed by atoms with Crippen LogP contribution in [-0.2, 0) is 7.05 Å². The van der Waals surface area contributed by atoms with Crippen LogP contribution in [0.25, 0.3) is 10.6 Å². The summed E-state index contributed by atoms with van der Waals surface area (Å²) >= 11 is 5.31. The maximum absolute atomic E-state index is 4.78. The molecule has 0 aromatic carbocycles. The molecular weight excluding hydrogens is 342 g/mol. The first-order valence-corrected chi connectivity index (χ1v) is 10.7. The molecule has 3 aromatic rings. The van der Waals surface area contributed by atoms with Gasteiger partial charge in [-0.15, -0.1) is 16.0 Å². The summed E-state index contributed by atoms with van der Waals surface area (Å²) in [6.45, 7) is 0. The second kappa shape index (κ2) is 6.71. The van der Waals surface area contributed by atoms with E-state index in [2.05, 4.69) is 50.3 Å². The van der Waals surface area contributed by atoms with Crippen molar-refractivity contribution in [2.75, 3.05) is 4.90 Å². The second-order valence-corrected chi connectivity index (χ2v) is 8.48. The van der Waals surface area contributed by atoms with E-state index < -0.39 is 0 Å². The molecular formula is C17H20N3S3+. The molecule has 0 N–H and O–H groups in total. The van der Waals surface area contributed by atoms with Crippen molar-refractivity contribution in [3.8, 4) is 10.6 Å². The average Bonchev–Trinajstić information content (AvgIpc) is 3.31. The van der Waals surface area contributed by atoms with Crippen LogP contribution in [-0.4, -0.2) is 11.1 Å². The van der Waals surface area contributed by atoms with Crippen molar-refractivity contribution < 1.29 is 4.68 Å². The Morgan fingerprint density at radius 3 is 2.57 bits per heavy atom. The summed E-state index contributed by atoms with van der Waals surface area (Å²) in [6, 6.07) is 4.99. The molecule has 0 unspecified atom stereocenters. The quantitative estimate of drug-likeness (QED) is 0.592. The number of rotatable bonds is 4. The number of anilines is 2. The summed E-state index contributed by atoms with van der Waals surface area (Å²) in [5, 5.41) is 15.9. The summed E-state index contributed by atoms with van der Waals surface area (Å²) in [4.78, 5) is 2.53. The first-order valence-electron chi connectivity index (χ1n) is 8.04. The van der Waals surface area contributed by atoms with Crippen molar-refractivity contribution in [1.82, 2.24) is 5.10 Å². The highest BCUT2D eigenvalue weighted by Crippen LogP contribution is 2.38. The first kappa shape index (κ1) is 15.3. The Morgan fingerprint density at radius 2 is 1.87 bits per heavy atom. The van der Waals surface area contributed by atoms with Crippen LogP contribution >= 0.6 is 34.0 Å². The van der Waals surface area contributed by atoms with E-state index >= 15 is 0 Å². The molecule has 3 heterocycles. The van der Waals surface area contributed by atoms with Gasteiger partial charge < -0.3 is 0 Å². The monoisotopic (exact) mass is 362 g/mol. The Hall–Kier alpha value is -1.24. The van der Waals surface area contributed by atoms with Crippen LogP contribution in [0.4, 0.5) is 10.8 Å². The number of nitrogens with zero attached hydrogens (tertiary/aromatic N) is 3. The maximum atomic E-state index is 4.78. The number of aryl methyl sites for hydroxylation is 1. The third-order valence-electron chi connectivity index (χ3n) is 4.40. The van der Waals surface area contributed by atoms with Gasteiger partial charge in [0.05, 0.1) is 0 Å². The zero-order valence-electron chi connectivity index (χ0n) is 13.1. The number of aromatic nitrogens is 2. The van der Waals surface area contributed by atoms with Gasteiger partial charge in [0.2, 0.25) is 0 Å². The smallest absolute Gasteiger partial charge is 0.213 e. The molecule has 1 aliphatic carbocycles. The lowest BCUT2D eigenvalue weighted by atomic mass is 9.94. The van der Waals surface area contributed by atoms with Crippen LogP contribution in [0, 0.1) is 0 Å². The summed E-state index contributed by atoms with van der Waals surface area (Å²) in [6.07, 6.45) is 6.61. The maximum Gasteiger partial charge on any atom is 0.363 e. The molecule has 4 rings (SSSR count). The summed E-state index contributed by atoms with van der Waals surface area (Å²) in [7, 11) is 2.07. The largest absolute Gasteiger partial charge is 0.363 e. The van der Waals surface area contributed by atoms with Crippen LogP contribution in [0.5, 0.6) is 0 Å². The zero-order chi connectivity index (χ0) is 15.6. The van der Waals surface area contributed by atoms with E-state index in [0.717, 1.165) is 5.01 Å². The molecule has 0 bridgehead atoms. The second-order valence-electron chi connectivity index (χ2n) is 5.97. The first-order chi connectivity index (χ1) is 11.3. The Bertz CT molecular complexity index is 740. The van der Waals surface area contributed by atoms with Gasteiger partial charge in [0.1, 0.15) is 18.8 Å². The lowest BCUT2D eigenvalue weighted by molar-refractivity contribution is -0.713. The van der Waals surface area contributed by atoms with Gasteiger partial charge in [-0.1, -0.05) is 11.5 Å². The molecule has 0 amide bonds. The van der Waals surface area contributed by atoms with Crippen LogP contribution in [0.15, 0.2) is 33.7 Å². The lowest BCUT2D eigenvalue weighted by Crippen LogP contribution is -2.42. The van der Waals surface area contributed by atoms with Gasteiger partial charge in [-0.2, -0.15) is 11.3 Å². The van der Waals surface area contributed by atoms with Crippen molar-refractivity contribution in [2.24, 2.45) is 7.05 Å². The van der Waals surface area contributed by atoms with Crippen molar-refractivity contribution in [2.45, 2.75) is 38.1 Å². The third-order valence-corrected chi connectivity index (χ3v) is 6.91. The topological polar surface area (TPSA) is 20.0 Å². The normalized spacial score (nSPS) is 15.9. The molecule has 0 saturated heterocycles. The molecule has 1 fully saturated rings. The Labute approximate surface area is 148 Å². The number of thiophene rings is 2. The minimum absolute atomic E-state index is 0.598. The Kier molecular flexibility index (Phi) is 4.46. The fraction of sp³-hybridized carbons (Fsp3) is 0.412. The molecule has 0 atom stereocenters. The van der Waals surface area contributed by atoms with Gasteiger partial charge >= 0.3 is 5.13 Å². The highest BCUT2D eigenvalue weighted by Gasteiger charge is 2.34. The van der Waals surface area contributed by atoms with Gasteiger partial charge in [0.15, 0.2) is 5.01 Å². The van der Waals surface area contributed by atoms with Crippen LogP contribution in [0.2, 0.25) is 0 Å². The fourth-order valence-electron chi connectivity index (χ4n) is 3.27. The van der Waals surface area contributed by atoms with Crippen molar-refractivity contribution in [3.63, 3.8) is 0 Å². The number of hydrogen-bond donors (Lipinski definition) is 0. The van der Waals surface area contributed by atoms with Gasteiger partial charge in [0, 0.05) is 16.3 Å². The Morgan fingerprint density at radius 1 is 1.09 bits per heavy atom. The van der Waals surface area contributed by atoms with Crippen LogP contribution < -0.4 is 9.58 Å². The van der Waals surface area contributed by atoms with Gasteiger partial charge in [-0.05, 0) is 59.9 Å². The molecule has 6 heteroatoms. The van der Waals surface area contributed by atoms with E-state index in [0.29, 0.717) is 6.04 Å². The molecule has 120 valence electrons. The molecule has 0 aliphatic heterocycles. The van der Waals surface area contributed by atoms with E-state index in [1.807, 2.05) is 0 Å². The molecule has 3 aromatic heterocycles. The van der Waals surface area contributed by atoms with Gasteiger partial charge in [0.25, 0.3) is 0 Å². The molecule has 0 radical (unpaired) electrons. The van der Waals surface area contributed by atoms with Crippen LogP contribution in [0.1, 0.15) is 32.1 Å². The van der Waals surface area contributed by atoms with E-state index in [1.165, 1.54) is 48.5 Å². The summed E-state index contributed by atoms with van der Waals surface area (Å²) < 4.78 is 2.06. The minimum atomic E-state index is 0.598. The molecule has 23 heavy (non-hydrogen) atoms. The molecule has 1 aliphatic rings. The standard InChI is InChI=1S/C17H20N3S3/c1-19-17(23-16(18-19)13-7-9-21-11-13)20(15-8-10-22-12-15)14-5-3-2-4-6-14/h7-12,14H,2-6H2,1H3/q+1. The highest BCUT2D eigenvalue weighted by atomic mass is 32.1. The van der Waals surface area contributed by atoms with Gasteiger partial charge in [-0.3, -0.25) is 0 Å². The van der Waals surface area contributed by atoms with Crippen molar-refractivity contribution >= 4 is 44.8 Å². The predicted molar refractivity (Wildman–Crippen MR) is 99.9 cm³/mol. The van der Waals surface area contributed by atoms with Gasteiger partial charge in [-0.25, -0.2) is 4.90 Å². The van der Waals surface area contributed by atoms with Crippen molar-refractivity contribution in [3.05, 3.63) is 33.7 Å². The minimum Gasteiger partial charge on any atom is -0.213 e. The highest BCUT2D eigenvalue weighted by molar-refractivity contribution is 7.18. The SMILES string of the molecule is C[n+]1nc(-c2ccsc2)sc1N(c1ccsc1)C1CCCCC1. The zero-order valence-corrected chi connectivity index (χ0v) is 15.6. The van der Waals surface area contributed by atoms with E-state index in [-0.39, 0.29) is 0 Å². The Balaban J connectivity index is 1.74. The van der Waals surface area contributed by atoms with Crippen LogP contribution in [0.3, 0.4) is 0 Å². The summed E-state index contributed by atoms with van der Waals surface area (Å²) in [5.41, 5.74) is 2.55. The molecule has 1 saturated carbocycles. The predicted octanol–water partition coefficient (Wildman–Crippen LogP) is 5.23. The van der Waals surface area contributed by atoms with Crippen molar-refractivity contribution in [1.29, 1.82) is 0 Å². The van der Waals surface area contributed by atoms with E-state index in [4.69, 9.17) is 5.10 Å². The average molecular weight is 363 g/mol.